The molecule has 0 N–H and O–H groups in total. The van der Waals surface area contributed by atoms with Crippen LogP contribution in [0.5, 0.6) is 0 Å². The zero-order chi connectivity index (χ0) is 59.5. The molecule has 0 aliphatic carbocycles. The molecule has 0 unspecified atom stereocenters. The maximum atomic E-state index is 13.5. The minimum Gasteiger partial charge on any atom is -0.306 e. The SMILES string of the molecule is C/N=C/c1c(-n2c3ccccc3c3ccc4sc5ccccc5c4c32)c(C#N)c(-n2c3ccccc3c3ccc4sc5ccccc5c4c32)c(-n2c3ccccc3c3ccc4sc5ccccc5c4c32)c1-n1c2ccccc2c2ccc3sc4ccccc4c3c21. The molecule has 10 heteroatoms. The first-order chi connectivity index (χ1) is 45.1. The average Bonchev–Trinajstić information content (AvgIpc) is 1.58. The third-order valence-electron chi connectivity index (χ3n) is 19.4. The lowest BCUT2D eigenvalue weighted by Crippen LogP contribution is -2.18. The summed E-state index contributed by atoms with van der Waals surface area (Å²) in [4.78, 5) is 5.27. The zero-order valence-corrected chi connectivity index (χ0v) is 51.8. The largest absolute Gasteiger partial charge is 0.306 e. The van der Waals surface area contributed by atoms with E-state index in [1.165, 1.54) is 69.9 Å². The van der Waals surface area contributed by atoms with Crippen LogP contribution in [0, 0.1) is 11.3 Å². The highest BCUT2D eigenvalue weighted by atomic mass is 32.1. The lowest BCUT2D eigenvalue weighted by Gasteiger charge is -2.28. The lowest BCUT2D eigenvalue weighted by molar-refractivity contribution is 1.03. The molecule has 0 bridgehead atoms. The second-order valence-corrected chi connectivity index (χ2v) is 28.2. The molecule has 91 heavy (non-hydrogen) atoms. The first kappa shape index (κ1) is 50.0. The average molecular weight is 1230 g/mol. The van der Waals surface area contributed by atoms with E-state index in [2.05, 4.69) is 273 Å². The summed E-state index contributed by atoms with van der Waals surface area (Å²) in [5.41, 5.74) is 13.0. The molecule has 0 amide bonds. The van der Waals surface area contributed by atoms with Crippen LogP contribution in [0.2, 0.25) is 0 Å². The maximum absolute atomic E-state index is 13.5. The van der Waals surface area contributed by atoms with Gasteiger partial charge in [0.05, 0.1) is 66.9 Å². The smallest absolute Gasteiger partial charge is 0.104 e. The van der Waals surface area contributed by atoms with Gasteiger partial charge in [0.15, 0.2) is 0 Å². The van der Waals surface area contributed by atoms with Crippen LogP contribution in [0.25, 0.3) is 191 Å². The summed E-state index contributed by atoms with van der Waals surface area (Å²) in [5.74, 6) is 0. The molecule has 8 aromatic heterocycles. The van der Waals surface area contributed by atoms with Crippen molar-refractivity contribution in [1.82, 2.24) is 18.3 Å². The van der Waals surface area contributed by atoms with Crippen LogP contribution in [0.4, 0.5) is 0 Å². The number of hydrogen-bond acceptors (Lipinski definition) is 6. The summed E-state index contributed by atoms with van der Waals surface area (Å²) in [7, 11) is 1.90. The maximum Gasteiger partial charge on any atom is 0.104 e. The molecular formula is C81H44N6S4. The number of hydrogen-bond donors (Lipinski definition) is 0. The summed E-state index contributed by atoms with van der Waals surface area (Å²) in [6.45, 7) is 0. The number of benzene rings is 13. The Balaban J connectivity index is 1.13. The fourth-order valence-electron chi connectivity index (χ4n) is 16.0. The summed E-state index contributed by atoms with van der Waals surface area (Å²) in [6, 6.07) is 92.9. The van der Waals surface area contributed by atoms with Crippen molar-refractivity contribution < 1.29 is 0 Å². The molecule has 0 saturated carbocycles. The standard InChI is InChI=1S/C81H44N6S4/c1-83-43-57-74(84-58-26-10-2-18-44(58)48-34-38-66-70(75(48)84)52-22-6-14-30-62(52)88-66)56(42-82)79(85-59-27-11-3-19-45(59)49-35-39-67-71(76(49)85)53-23-7-15-31-63(53)89-67)81(87-61-29-13-5-21-47(61)51-37-41-69-73(78(51)87)55-25-9-17-33-65(55)91-69)80(57)86-60-28-12-4-20-46(60)50-36-40-68-72(77(50)86)54-24-8-16-32-64(54)90-68/h2-41,43H,1H3/b83-43+. The number of aliphatic imine (C=N–C) groups is 1. The van der Waals surface area contributed by atoms with Crippen molar-refractivity contribution in [3.63, 3.8) is 0 Å². The molecule has 0 atom stereocenters. The zero-order valence-electron chi connectivity index (χ0n) is 48.5. The monoisotopic (exact) mass is 1230 g/mol. The molecule has 0 aliphatic rings. The van der Waals surface area contributed by atoms with Gasteiger partial charge in [-0.2, -0.15) is 5.26 Å². The van der Waals surface area contributed by atoms with Gasteiger partial charge in [0.2, 0.25) is 0 Å². The Kier molecular flexibility index (Phi) is 10.1. The van der Waals surface area contributed by atoms with Gasteiger partial charge in [-0.1, -0.05) is 170 Å². The number of para-hydroxylation sites is 4. The van der Waals surface area contributed by atoms with Gasteiger partial charge in [0.1, 0.15) is 11.6 Å². The highest BCUT2D eigenvalue weighted by molar-refractivity contribution is 7.27. The second-order valence-electron chi connectivity index (χ2n) is 23.8. The Morgan fingerprint density at radius 3 is 0.879 bits per heavy atom. The Bertz CT molecular complexity index is 6940. The highest BCUT2D eigenvalue weighted by Gasteiger charge is 2.36. The molecule has 21 aromatic rings. The van der Waals surface area contributed by atoms with E-state index in [1.807, 2.05) is 52.4 Å². The molecular weight excluding hydrogens is 1190 g/mol. The van der Waals surface area contributed by atoms with E-state index < -0.39 is 0 Å². The van der Waals surface area contributed by atoms with Gasteiger partial charge in [-0.3, -0.25) is 4.99 Å². The van der Waals surface area contributed by atoms with E-state index in [1.54, 1.807) is 0 Å². The summed E-state index contributed by atoms with van der Waals surface area (Å²) in [6.07, 6.45) is 2.08. The number of fused-ring (bicyclic) bond motifs is 28. The number of thiophene rings is 4. The quantitative estimate of drug-likeness (QED) is 0.158. The van der Waals surface area contributed by atoms with Crippen LogP contribution < -0.4 is 0 Å². The number of aromatic nitrogens is 4. The molecule has 6 nitrogen and oxygen atoms in total. The Hall–Kier alpha value is -10.9. The van der Waals surface area contributed by atoms with E-state index in [9.17, 15) is 5.26 Å². The number of rotatable bonds is 5. The predicted octanol–water partition coefficient (Wildman–Crippen LogP) is 23.5. The molecule has 0 spiro atoms. The van der Waals surface area contributed by atoms with Gasteiger partial charge in [0, 0.05) is 143 Å². The fourth-order valence-corrected chi connectivity index (χ4v) is 20.4. The van der Waals surface area contributed by atoms with Crippen LogP contribution in [-0.4, -0.2) is 31.5 Å². The number of nitrogens with zero attached hydrogens (tertiary/aromatic N) is 6. The van der Waals surface area contributed by atoms with Gasteiger partial charge in [-0.15, -0.1) is 45.3 Å². The Labute approximate surface area is 533 Å². The molecule has 422 valence electrons. The Morgan fingerprint density at radius 1 is 0.286 bits per heavy atom. The van der Waals surface area contributed by atoms with Gasteiger partial charge in [-0.25, -0.2) is 0 Å². The van der Waals surface area contributed by atoms with Crippen molar-refractivity contribution >= 4 is 219 Å². The van der Waals surface area contributed by atoms with Crippen molar-refractivity contribution in [2.75, 3.05) is 7.05 Å². The van der Waals surface area contributed by atoms with E-state index >= 15 is 0 Å². The predicted molar refractivity (Wildman–Crippen MR) is 394 cm³/mol. The third-order valence-corrected chi connectivity index (χ3v) is 23.9. The van der Waals surface area contributed by atoms with Crippen LogP contribution in [0.15, 0.2) is 248 Å². The normalized spacial score (nSPS) is 12.6. The lowest BCUT2D eigenvalue weighted by atomic mass is 9.97. The molecule has 0 radical (unpaired) electrons. The van der Waals surface area contributed by atoms with Gasteiger partial charge in [-0.05, 0) is 72.8 Å². The van der Waals surface area contributed by atoms with Crippen LogP contribution in [0.1, 0.15) is 11.1 Å². The van der Waals surface area contributed by atoms with Crippen LogP contribution in [0.3, 0.4) is 0 Å². The summed E-state index contributed by atoms with van der Waals surface area (Å²) >= 11 is 7.32. The van der Waals surface area contributed by atoms with Crippen LogP contribution in [-0.2, 0) is 0 Å². The first-order valence-corrected chi connectivity index (χ1v) is 33.8. The van der Waals surface area contributed by atoms with E-state index in [0.29, 0.717) is 5.56 Å². The van der Waals surface area contributed by atoms with E-state index in [-0.39, 0.29) is 0 Å². The minimum absolute atomic E-state index is 0.521. The number of nitriles is 1. The molecule has 0 fully saturated rings. The molecule has 0 saturated heterocycles. The minimum atomic E-state index is 0.521. The third kappa shape index (κ3) is 6.45. The van der Waals surface area contributed by atoms with Crippen molar-refractivity contribution in [2.45, 2.75) is 0 Å². The van der Waals surface area contributed by atoms with Crippen molar-refractivity contribution in [3.05, 3.63) is 254 Å². The molecule has 21 rings (SSSR count). The fraction of sp³-hybridized carbons (Fsp3) is 0.0123. The first-order valence-electron chi connectivity index (χ1n) is 30.5. The van der Waals surface area contributed by atoms with E-state index in [0.717, 1.165) is 126 Å². The summed E-state index contributed by atoms with van der Waals surface area (Å²) in [5, 5.41) is 31.9. The van der Waals surface area contributed by atoms with Crippen molar-refractivity contribution in [1.29, 1.82) is 5.26 Å². The van der Waals surface area contributed by atoms with Crippen molar-refractivity contribution in [3.8, 4) is 28.8 Å². The molecule has 13 aromatic carbocycles. The highest BCUT2D eigenvalue weighted by Crippen LogP contribution is 2.54. The van der Waals surface area contributed by atoms with Gasteiger partial charge >= 0.3 is 0 Å². The summed E-state index contributed by atoms with van der Waals surface area (Å²) < 4.78 is 19.8. The molecule has 8 heterocycles. The van der Waals surface area contributed by atoms with E-state index in [4.69, 9.17) is 4.99 Å². The second kappa shape index (κ2) is 18.4. The Morgan fingerprint density at radius 2 is 0.560 bits per heavy atom. The topological polar surface area (TPSA) is 55.9 Å². The van der Waals surface area contributed by atoms with Gasteiger partial charge in [0.25, 0.3) is 0 Å². The van der Waals surface area contributed by atoms with Crippen molar-refractivity contribution in [2.24, 2.45) is 4.99 Å². The van der Waals surface area contributed by atoms with Crippen LogP contribution >= 0.6 is 45.3 Å². The van der Waals surface area contributed by atoms with Gasteiger partial charge < -0.3 is 18.3 Å². The molecule has 0 aliphatic heterocycles.